The summed E-state index contributed by atoms with van der Waals surface area (Å²) in [6, 6.07) is 18.1. The molecule has 2 amide bonds. The van der Waals surface area contributed by atoms with Crippen LogP contribution in [0.25, 0.3) is 10.9 Å². The summed E-state index contributed by atoms with van der Waals surface area (Å²) in [7, 11) is 3.61. The fourth-order valence-electron chi connectivity index (χ4n) is 6.78. The maximum absolute atomic E-state index is 14.5. The molecule has 6 N–H and O–H groups in total. The third-order valence-electron chi connectivity index (χ3n) is 9.66. The van der Waals surface area contributed by atoms with E-state index in [1.165, 1.54) is 4.90 Å². The number of likely N-dealkylation sites (N-methyl/N-ethyl adjacent to an activating group) is 1. The zero-order valence-corrected chi connectivity index (χ0v) is 31.6. The lowest BCUT2D eigenvalue weighted by molar-refractivity contribution is -0.143. The normalized spacial score (nSPS) is 19.5. The average Bonchev–Trinajstić information content (AvgIpc) is 3.43. The summed E-state index contributed by atoms with van der Waals surface area (Å²) in [5.41, 5.74) is 15.5. The number of hydrogen-bond acceptors (Lipinski definition) is 7. The van der Waals surface area contributed by atoms with Crippen molar-refractivity contribution in [2.75, 3.05) is 20.1 Å². The molecule has 0 radical (unpaired) electrons. The Labute approximate surface area is 314 Å². The summed E-state index contributed by atoms with van der Waals surface area (Å²) in [6.07, 6.45) is 5.43. The van der Waals surface area contributed by atoms with Crippen molar-refractivity contribution in [1.82, 2.24) is 20.1 Å². The first-order valence-electron chi connectivity index (χ1n) is 17.6. The molecule has 12 heteroatoms. The van der Waals surface area contributed by atoms with E-state index in [9.17, 15) is 14.4 Å². The number of fused-ring (bicyclic) bond motifs is 3. The minimum absolute atomic E-state index is 0.0377. The van der Waals surface area contributed by atoms with Gasteiger partial charge in [-0.3, -0.25) is 14.4 Å². The summed E-state index contributed by atoms with van der Waals surface area (Å²) < 4.78 is 1.98. The number of carbonyl (C=O) groups is 3. The number of halogens is 2. The molecule has 1 aromatic heterocycles. The van der Waals surface area contributed by atoms with Gasteiger partial charge in [-0.05, 0) is 91.9 Å². The Balaban J connectivity index is 1.57. The van der Waals surface area contributed by atoms with Gasteiger partial charge in [-0.2, -0.15) is 0 Å². The Kier molecular flexibility index (Phi) is 14.0. The van der Waals surface area contributed by atoms with E-state index in [-0.39, 0.29) is 37.0 Å². The van der Waals surface area contributed by atoms with Crippen LogP contribution < -0.4 is 22.1 Å². The first-order valence-corrected chi connectivity index (χ1v) is 19.1. The number of carbonyl (C=O) groups excluding carboxylic acids is 3. The molecule has 0 saturated carbocycles. The molecule has 4 aromatic rings. The van der Waals surface area contributed by atoms with Gasteiger partial charge in [0.1, 0.15) is 6.04 Å². The van der Waals surface area contributed by atoms with Crippen molar-refractivity contribution >= 4 is 63.5 Å². The number of amides is 2. The van der Waals surface area contributed by atoms with Crippen molar-refractivity contribution in [3.8, 4) is 0 Å². The van der Waals surface area contributed by atoms with Crippen molar-refractivity contribution in [3.63, 3.8) is 0 Å². The number of ketones is 1. The lowest BCUT2D eigenvalue weighted by Gasteiger charge is -2.31. The van der Waals surface area contributed by atoms with Gasteiger partial charge >= 0.3 is 0 Å². The Morgan fingerprint density at radius 1 is 0.843 bits per heavy atom. The number of Topliss-reactive ketones (excluding diaryl/α,β-unsaturated/α-hetero) is 1. The molecule has 1 aliphatic heterocycles. The quantitative estimate of drug-likeness (QED) is 0.149. The van der Waals surface area contributed by atoms with Crippen molar-refractivity contribution in [2.45, 2.75) is 79.9 Å². The van der Waals surface area contributed by atoms with Crippen LogP contribution in [0.3, 0.4) is 0 Å². The van der Waals surface area contributed by atoms with E-state index in [0.717, 1.165) is 43.8 Å². The second-order valence-electron chi connectivity index (χ2n) is 13.3. The number of nitrogens with zero attached hydrogens (tertiary/aromatic N) is 2. The Bertz CT molecular complexity index is 1850. The van der Waals surface area contributed by atoms with Gasteiger partial charge in [0.2, 0.25) is 11.8 Å². The third kappa shape index (κ3) is 9.94. The highest BCUT2D eigenvalue weighted by molar-refractivity contribution is 7.99. The van der Waals surface area contributed by atoms with Crippen molar-refractivity contribution in [1.29, 1.82) is 0 Å². The Morgan fingerprint density at radius 3 is 2.35 bits per heavy atom. The maximum atomic E-state index is 14.5. The van der Waals surface area contributed by atoms with Crippen LogP contribution in [-0.2, 0) is 40.9 Å². The Morgan fingerprint density at radius 2 is 1.57 bits per heavy atom. The van der Waals surface area contributed by atoms with Crippen molar-refractivity contribution < 1.29 is 14.4 Å². The highest BCUT2D eigenvalue weighted by Crippen LogP contribution is 2.35. The molecule has 0 aliphatic carbocycles. The summed E-state index contributed by atoms with van der Waals surface area (Å²) in [6.45, 7) is 1.62. The molecule has 0 bridgehead atoms. The van der Waals surface area contributed by atoms with Crippen molar-refractivity contribution in [3.05, 3.63) is 93.6 Å². The Hall–Kier alpha value is -3.38. The second-order valence-corrected chi connectivity index (χ2v) is 15.2. The van der Waals surface area contributed by atoms with E-state index in [4.69, 9.17) is 34.7 Å². The molecule has 2 heterocycles. The van der Waals surface area contributed by atoms with Gasteiger partial charge in [-0.15, -0.1) is 0 Å². The van der Waals surface area contributed by atoms with Crippen LogP contribution in [-0.4, -0.2) is 59.3 Å². The lowest BCUT2D eigenvalue weighted by atomic mass is 9.90. The topological polar surface area (TPSA) is 135 Å². The van der Waals surface area contributed by atoms with Gasteiger partial charge in [0.05, 0.1) is 6.04 Å². The first-order chi connectivity index (χ1) is 24.6. The molecule has 272 valence electrons. The van der Waals surface area contributed by atoms with Gasteiger partial charge in [0.15, 0.2) is 5.78 Å². The predicted octanol–water partition coefficient (Wildman–Crippen LogP) is 6.24. The van der Waals surface area contributed by atoms with Crippen LogP contribution in [0.5, 0.6) is 0 Å². The molecule has 0 spiro atoms. The van der Waals surface area contributed by atoms with Gasteiger partial charge in [0, 0.05) is 82.9 Å². The minimum atomic E-state index is -0.858. The van der Waals surface area contributed by atoms with E-state index >= 15 is 0 Å². The summed E-state index contributed by atoms with van der Waals surface area (Å²) in [4.78, 5) is 46.4. The SMILES string of the molecule is CN1C(=O)[C@H](CCCCN)CC(=O)[C@H](CCCN)NCc2ccccc2Sc2ccc(Cl)cc2CNC(=O)[C@@H]1Cc1cn(C)c2cc(Cl)ccc12. The molecular formula is C39H48Cl2N6O3S. The monoisotopic (exact) mass is 750 g/mol. The van der Waals surface area contributed by atoms with E-state index in [2.05, 4.69) is 16.7 Å². The van der Waals surface area contributed by atoms with Crippen LogP contribution in [0.1, 0.15) is 55.2 Å². The number of hydrogen-bond donors (Lipinski definition) is 4. The highest BCUT2D eigenvalue weighted by atomic mass is 35.5. The summed E-state index contributed by atoms with van der Waals surface area (Å²) in [5, 5.41) is 8.77. The van der Waals surface area contributed by atoms with Gasteiger partial charge in [0.25, 0.3) is 0 Å². The molecule has 0 fully saturated rings. The number of unbranched alkanes of at least 4 members (excludes halogenated alkanes) is 1. The molecule has 51 heavy (non-hydrogen) atoms. The number of nitrogens with one attached hydrogen (secondary N) is 2. The van der Waals surface area contributed by atoms with E-state index < -0.39 is 18.0 Å². The standard InChI is InChI=1S/C39H48Cl2N6O3S/c1-46-24-28(31-14-12-30(41)21-33(31)46)19-34-38(49)45-23-27-18-29(40)13-15-37(27)51-36-11-4-3-9-26(36)22-44-32(10-7-17-43)35(48)20-25(8-5-6-16-42)39(50)47(34)2/h3-4,9,11-15,18,21,24-25,32,34,44H,5-8,10,16-17,19-20,22-23,42-43H2,1-2H3,(H,45,49)/t25-,32+,34+/m1/s1. The molecule has 9 nitrogen and oxygen atoms in total. The molecule has 3 aromatic carbocycles. The number of nitrogens with two attached hydrogens (primary N) is 2. The number of aryl methyl sites for hydroxylation is 1. The molecule has 0 unspecified atom stereocenters. The van der Waals surface area contributed by atoms with Gasteiger partial charge < -0.3 is 31.6 Å². The third-order valence-corrected chi connectivity index (χ3v) is 11.4. The fraction of sp³-hybridized carbons (Fsp3) is 0.410. The maximum Gasteiger partial charge on any atom is 0.243 e. The van der Waals surface area contributed by atoms with E-state index in [1.807, 2.05) is 72.4 Å². The molecule has 3 atom stereocenters. The van der Waals surface area contributed by atoms with Gasteiger partial charge in [-0.25, -0.2) is 0 Å². The van der Waals surface area contributed by atoms with E-state index in [1.54, 1.807) is 18.8 Å². The minimum Gasteiger partial charge on any atom is -0.350 e. The lowest BCUT2D eigenvalue weighted by Crippen LogP contribution is -2.51. The second kappa shape index (κ2) is 18.4. The van der Waals surface area contributed by atoms with E-state index in [0.29, 0.717) is 55.4 Å². The van der Waals surface area contributed by atoms with Crippen LogP contribution in [0, 0.1) is 5.92 Å². The predicted molar refractivity (Wildman–Crippen MR) is 207 cm³/mol. The van der Waals surface area contributed by atoms with Crippen LogP contribution >= 0.6 is 35.0 Å². The molecule has 1 aliphatic rings. The highest BCUT2D eigenvalue weighted by Gasteiger charge is 2.34. The zero-order valence-electron chi connectivity index (χ0n) is 29.3. The largest absolute Gasteiger partial charge is 0.350 e. The summed E-state index contributed by atoms with van der Waals surface area (Å²) in [5.74, 6) is -1.19. The number of rotatable bonds is 9. The van der Waals surface area contributed by atoms with Crippen LogP contribution in [0.4, 0.5) is 0 Å². The van der Waals surface area contributed by atoms with Crippen molar-refractivity contribution in [2.24, 2.45) is 24.4 Å². The first kappa shape index (κ1) is 38.8. The number of benzene rings is 3. The zero-order chi connectivity index (χ0) is 36.5. The smallest absolute Gasteiger partial charge is 0.243 e. The average molecular weight is 752 g/mol. The van der Waals surface area contributed by atoms with Crippen LogP contribution in [0.2, 0.25) is 10.0 Å². The summed E-state index contributed by atoms with van der Waals surface area (Å²) >= 11 is 14.4. The molecule has 5 rings (SSSR count). The molecule has 0 saturated heterocycles. The fourth-order valence-corrected chi connectivity index (χ4v) is 8.19. The van der Waals surface area contributed by atoms with Gasteiger partial charge in [-0.1, -0.05) is 65.7 Å². The molecular weight excluding hydrogens is 703 g/mol. The number of aromatic nitrogens is 1. The van der Waals surface area contributed by atoms with Crippen LogP contribution in [0.15, 0.2) is 76.7 Å².